The van der Waals surface area contributed by atoms with Crippen LogP contribution in [-0.4, -0.2) is 18.0 Å². The van der Waals surface area contributed by atoms with E-state index < -0.39 is 0 Å². The summed E-state index contributed by atoms with van der Waals surface area (Å²) in [5.74, 6) is -0.274. The number of amides is 1. The van der Waals surface area contributed by atoms with E-state index in [-0.39, 0.29) is 5.91 Å². The Balaban J connectivity index is 2.22. The molecule has 3 rings (SSSR count). The van der Waals surface area contributed by atoms with Gasteiger partial charge in [-0.05, 0) is 23.6 Å². The number of nitrogens with zero attached hydrogens (tertiary/aromatic N) is 1. The van der Waals surface area contributed by atoms with Gasteiger partial charge in [-0.25, -0.2) is 10.5 Å². The van der Waals surface area contributed by atoms with E-state index in [1.54, 1.807) is 17.4 Å². The minimum atomic E-state index is -0.274. The molecule has 4 nitrogen and oxygen atoms in total. The first-order valence-corrected chi connectivity index (χ1v) is 6.94. The van der Waals surface area contributed by atoms with E-state index in [4.69, 9.17) is 4.84 Å². The summed E-state index contributed by atoms with van der Waals surface area (Å²) < 4.78 is 0. The largest absolute Gasteiger partial charge is 0.277 e. The van der Waals surface area contributed by atoms with Crippen molar-refractivity contribution in [1.29, 1.82) is 0 Å². The fraction of sp³-hybridized carbons (Fsp3) is 0.0667. The predicted octanol–water partition coefficient (Wildman–Crippen LogP) is 3.25. The number of aromatic nitrogens is 1. The molecule has 0 bridgehead atoms. The summed E-state index contributed by atoms with van der Waals surface area (Å²) in [6, 6.07) is 13.3. The second kappa shape index (κ2) is 5.40. The van der Waals surface area contributed by atoms with Gasteiger partial charge in [-0.15, -0.1) is 11.3 Å². The fourth-order valence-corrected chi connectivity index (χ4v) is 2.75. The zero-order valence-electron chi connectivity index (χ0n) is 10.8. The molecule has 0 saturated carbocycles. The van der Waals surface area contributed by atoms with Crippen LogP contribution in [0.15, 0.2) is 47.8 Å². The normalized spacial score (nSPS) is 10.7. The maximum atomic E-state index is 12.1. The first-order valence-electron chi connectivity index (χ1n) is 6.06. The number of nitrogens with one attached hydrogen (secondary N) is 1. The topological polar surface area (TPSA) is 51.2 Å². The van der Waals surface area contributed by atoms with Crippen molar-refractivity contribution in [3.05, 3.63) is 53.4 Å². The molecule has 100 valence electrons. The average Bonchev–Trinajstić information content (AvgIpc) is 3.00. The molecule has 0 fully saturated rings. The fourth-order valence-electron chi connectivity index (χ4n) is 2.06. The van der Waals surface area contributed by atoms with Crippen LogP contribution >= 0.6 is 11.3 Å². The maximum absolute atomic E-state index is 12.1. The number of carbonyl (C=O) groups is 1. The molecule has 2 aromatic heterocycles. The highest BCUT2D eigenvalue weighted by atomic mass is 32.1. The molecule has 1 N–H and O–H groups in total. The Bertz CT molecular complexity index is 754. The second-order valence-electron chi connectivity index (χ2n) is 4.18. The number of thiophene rings is 1. The SMILES string of the molecule is CONC(=O)c1cc(-c2cccs2)nc2ccccc12. The monoisotopic (exact) mass is 284 g/mol. The van der Waals surface area contributed by atoms with Crippen LogP contribution in [-0.2, 0) is 4.84 Å². The summed E-state index contributed by atoms with van der Waals surface area (Å²) in [4.78, 5) is 22.5. The third-order valence-corrected chi connectivity index (χ3v) is 3.82. The second-order valence-corrected chi connectivity index (χ2v) is 5.13. The van der Waals surface area contributed by atoms with Gasteiger partial charge in [0.25, 0.3) is 5.91 Å². The molecule has 0 aliphatic heterocycles. The van der Waals surface area contributed by atoms with E-state index in [1.807, 2.05) is 41.8 Å². The molecule has 1 aromatic carbocycles. The van der Waals surface area contributed by atoms with Gasteiger partial charge in [-0.2, -0.15) is 0 Å². The molecular formula is C15H12N2O2S. The lowest BCUT2D eigenvalue weighted by Crippen LogP contribution is -2.22. The minimum Gasteiger partial charge on any atom is -0.277 e. The van der Waals surface area contributed by atoms with Crippen LogP contribution in [0, 0.1) is 0 Å². The molecule has 0 atom stereocenters. The number of para-hydroxylation sites is 1. The molecular weight excluding hydrogens is 272 g/mol. The number of hydrogen-bond donors (Lipinski definition) is 1. The molecule has 2 heterocycles. The van der Waals surface area contributed by atoms with Crippen LogP contribution in [0.2, 0.25) is 0 Å². The van der Waals surface area contributed by atoms with Gasteiger partial charge in [-0.1, -0.05) is 24.3 Å². The third kappa shape index (κ3) is 2.29. The standard InChI is InChI=1S/C15H12N2O2S/c1-19-17-15(18)11-9-13(14-7-4-8-20-14)16-12-6-3-2-5-10(11)12/h2-9H,1H3,(H,17,18). The van der Waals surface area contributed by atoms with Crippen molar-refractivity contribution in [2.24, 2.45) is 0 Å². The molecule has 0 saturated heterocycles. The summed E-state index contributed by atoms with van der Waals surface area (Å²) in [6.07, 6.45) is 0. The van der Waals surface area contributed by atoms with Gasteiger partial charge in [0.2, 0.25) is 0 Å². The predicted molar refractivity (Wildman–Crippen MR) is 79.5 cm³/mol. The van der Waals surface area contributed by atoms with Crippen LogP contribution < -0.4 is 5.48 Å². The Hall–Kier alpha value is -2.24. The molecule has 5 heteroatoms. The number of carbonyl (C=O) groups excluding carboxylic acids is 1. The summed E-state index contributed by atoms with van der Waals surface area (Å²) in [7, 11) is 1.42. The minimum absolute atomic E-state index is 0.274. The summed E-state index contributed by atoms with van der Waals surface area (Å²) in [6.45, 7) is 0. The van der Waals surface area contributed by atoms with Gasteiger partial charge in [-0.3, -0.25) is 9.63 Å². The summed E-state index contributed by atoms with van der Waals surface area (Å²) in [5.41, 5.74) is 4.50. The third-order valence-electron chi connectivity index (χ3n) is 2.93. The molecule has 1 amide bonds. The molecule has 3 aromatic rings. The van der Waals surface area contributed by atoms with Crippen LogP contribution in [0.1, 0.15) is 10.4 Å². The molecule has 0 aliphatic carbocycles. The zero-order valence-corrected chi connectivity index (χ0v) is 11.6. The zero-order chi connectivity index (χ0) is 13.9. The lowest BCUT2D eigenvalue weighted by molar-refractivity contribution is 0.0539. The van der Waals surface area contributed by atoms with Gasteiger partial charge in [0.15, 0.2) is 0 Å². The smallest absolute Gasteiger partial charge is 0.275 e. The number of hydroxylamine groups is 1. The highest BCUT2D eigenvalue weighted by molar-refractivity contribution is 7.13. The Morgan fingerprint density at radius 1 is 1.25 bits per heavy atom. The van der Waals surface area contributed by atoms with E-state index in [1.165, 1.54) is 7.11 Å². The summed E-state index contributed by atoms with van der Waals surface area (Å²) in [5, 5.41) is 2.79. The Morgan fingerprint density at radius 3 is 2.85 bits per heavy atom. The van der Waals surface area contributed by atoms with E-state index in [0.29, 0.717) is 5.56 Å². The van der Waals surface area contributed by atoms with E-state index in [9.17, 15) is 4.79 Å². The van der Waals surface area contributed by atoms with Crippen molar-refractivity contribution in [3.8, 4) is 10.6 Å². The van der Waals surface area contributed by atoms with Crippen LogP contribution in [0.4, 0.5) is 0 Å². The van der Waals surface area contributed by atoms with Crippen LogP contribution in [0.3, 0.4) is 0 Å². The van der Waals surface area contributed by atoms with Crippen LogP contribution in [0.5, 0.6) is 0 Å². The molecule has 0 aliphatic rings. The average molecular weight is 284 g/mol. The van der Waals surface area contributed by atoms with Gasteiger partial charge < -0.3 is 0 Å². The first-order chi connectivity index (χ1) is 9.79. The first kappa shape index (κ1) is 12.8. The van der Waals surface area contributed by atoms with Crippen molar-refractivity contribution in [2.75, 3.05) is 7.11 Å². The number of fused-ring (bicyclic) bond motifs is 1. The van der Waals surface area contributed by atoms with Gasteiger partial charge in [0.1, 0.15) is 0 Å². The van der Waals surface area contributed by atoms with E-state index in [2.05, 4.69) is 10.5 Å². The van der Waals surface area contributed by atoms with Gasteiger partial charge in [0, 0.05) is 5.39 Å². The van der Waals surface area contributed by atoms with Crippen molar-refractivity contribution in [3.63, 3.8) is 0 Å². The number of hydrogen-bond acceptors (Lipinski definition) is 4. The molecule has 0 radical (unpaired) electrons. The lowest BCUT2D eigenvalue weighted by Gasteiger charge is -2.08. The molecule has 0 unspecified atom stereocenters. The maximum Gasteiger partial charge on any atom is 0.275 e. The highest BCUT2D eigenvalue weighted by Gasteiger charge is 2.13. The molecule has 0 spiro atoms. The lowest BCUT2D eigenvalue weighted by atomic mass is 10.1. The van der Waals surface area contributed by atoms with E-state index in [0.717, 1.165) is 21.5 Å². The Morgan fingerprint density at radius 2 is 2.10 bits per heavy atom. The van der Waals surface area contributed by atoms with Crippen molar-refractivity contribution in [2.45, 2.75) is 0 Å². The number of rotatable bonds is 3. The van der Waals surface area contributed by atoms with Crippen LogP contribution in [0.25, 0.3) is 21.5 Å². The van der Waals surface area contributed by atoms with Gasteiger partial charge in [0.05, 0.1) is 28.8 Å². The highest BCUT2D eigenvalue weighted by Crippen LogP contribution is 2.27. The number of benzene rings is 1. The van der Waals surface area contributed by atoms with E-state index >= 15 is 0 Å². The van der Waals surface area contributed by atoms with Gasteiger partial charge >= 0.3 is 0 Å². The van der Waals surface area contributed by atoms with Crippen molar-refractivity contribution < 1.29 is 9.63 Å². The quantitative estimate of drug-likeness (QED) is 0.751. The summed E-state index contributed by atoms with van der Waals surface area (Å²) >= 11 is 1.59. The molecule has 20 heavy (non-hydrogen) atoms. The Labute approximate surface area is 120 Å². The van der Waals surface area contributed by atoms with Crippen molar-refractivity contribution >= 4 is 28.1 Å². The number of pyridine rings is 1. The van der Waals surface area contributed by atoms with Crippen molar-refractivity contribution in [1.82, 2.24) is 10.5 Å². The Kier molecular flexibility index (Phi) is 3.45.